The molecule has 14 heteroatoms. The minimum Gasteiger partial charge on any atom is -0.487 e. The molecule has 41 heavy (non-hydrogen) atoms. The quantitative estimate of drug-likeness (QED) is 0.221. The van der Waals surface area contributed by atoms with Crippen molar-refractivity contribution < 1.29 is 31.1 Å². The molecule has 0 saturated heterocycles. The second-order valence-electron chi connectivity index (χ2n) is 10.2. The number of hydrogen-bond donors (Lipinski definition) is 0. The lowest BCUT2D eigenvalue weighted by Gasteiger charge is -2.42. The van der Waals surface area contributed by atoms with Crippen LogP contribution in [0, 0.1) is 17.6 Å². The number of halogens is 6. The van der Waals surface area contributed by atoms with Crippen LogP contribution >= 0.6 is 0 Å². The van der Waals surface area contributed by atoms with E-state index in [4.69, 9.17) is 4.74 Å². The molecule has 2 unspecified atom stereocenters. The van der Waals surface area contributed by atoms with Gasteiger partial charge in [0.1, 0.15) is 36.4 Å². The van der Waals surface area contributed by atoms with Crippen molar-refractivity contribution >= 4 is 0 Å². The Labute approximate surface area is 231 Å². The average molecular weight is 583 g/mol. The highest BCUT2D eigenvalue weighted by Gasteiger charge is 2.53. The number of hydrogen-bond acceptors (Lipinski definition) is 5. The maximum atomic E-state index is 15.3. The van der Waals surface area contributed by atoms with Crippen LogP contribution in [0.1, 0.15) is 39.3 Å². The topological polar surface area (TPSA) is 79.8 Å². The highest BCUT2D eigenvalue weighted by Crippen LogP contribution is 2.44. The summed E-state index contributed by atoms with van der Waals surface area (Å²) in [5, 5.41) is 8.43. The molecule has 0 spiro atoms. The van der Waals surface area contributed by atoms with Gasteiger partial charge < -0.3 is 4.74 Å². The Morgan fingerprint density at radius 3 is 2.20 bits per heavy atom. The van der Waals surface area contributed by atoms with Crippen molar-refractivity contribution in [2.45, 2.75) is 57.5 Å². The predicted molar refractivity (Wildman–Crippen MR) is 136 cm³/mol. The summed E-state index contributed by atoms with van der Waals surface area (Å²) in [6, 6.07) is 7.74. The molecule has 0 aliphatic heterocycles. The summed E-state index contributed by atoms with van der Waals surface area (Å²) in [4.78, 5) is 17.5. The molecule has 220 valence electrons. The maximum absolute atomic E-state index is 15.3. The van der Waals surface area contributed by atoms with E-state index in [0.717, 1.165) is 12.1 Å². The number of benzene rings is 2. The summed E-state index contributed by atoms with van der Waals surface area (Å²) in [5.74, 6) is -10.6. The van der Waals surface area contributed by atoms with E-state index >= 15 is 4.39 Å². The Kier molecular flexibility index (Phi) is 8.05. The average Bonchev–Trinajstić information content (AvgIpc) is 3.55. The number of rotatable bonds is 11. The normalized spacial score (nSPS) is 14.7. The minimum absolute atomic E-state index is 0.0845. The molecule has 4 rings (SSSR count). The summed E-state index contributed by atoms with van der Waals surface area (Å²) in [6.45, 7) is 4.03. The van der Waals surface area contributed by atoms with E-state index in [2.05, 4.69) is 15.2 Å². The second kappa shape index (κ2) is 11.1. The zero-order chi connectivity index (χ0) is 30.2. The third-order valence-electron chi connectivity index (χ3n) is 7.34. The van der Waals surface area contributed by atoms with Crippen LogP contribution in [0.25, 0.3) is 5.69 Å². The lowest BCUT2D eigenvalue weighted by molar-refractivity contribution is -0.211. The van der Waals surface area contributed by atoms with Gasteiger partial charge >= 0.3 is 17.5 Å². The summed E-state index contributed by atoms with van der Waals surface area (Å²) in [6.07, 6.45) is 4.01. The van der Waals surface area contributed by atoms with Gasteiger partial charge in [0, 0.05) is 18.4 Å². The molecular formula is C27H28F6N6O2. The molecule has 0 N–H and O–H groups in total. The van der Waals surface area contributed by atoms with Gasteiger partial charge in [-0.15, -0.1) is 0 Å². The summed E-state index contributed by atoms with van der Waals surface area (Å²) >= 11 is 0. The molecule has 2 heterocycles. The molecule has 0 amide bonds. The molecule has 0 aliphatic carbocycles. The molecule has 4 aromatic rings. The van der Waals surface area contributed by atoms with Crippen LogP contribution in [0.4, 0.5) is 26.3 Å². The third kappa shape index (κ3) is 5.72. The maximum Gasteiger partial charge on any atom is 0.350 e. The minimum atomic E-state index is -4.38. The van der Waals surface area contributed by atoms with Crippen LogP contribution in [0.5, 0.6) is 5.75 Å². The first-order valence-electron chi connectivity index (χ1n) is 12.6. The molecule has 0 radical (unpaired) electrons. The van der Waals surface area contributed by atoms with Crippen molar-refractivity contribution in [3.05, 3.63) is 89.1 Å². The summed E-state index contributed by atoms with van der Waals surface area (Å²) in [7, 11) is 0. The Bertz CT molecular complexity index is 1530. The molecular weight excluding hydrogens is 554 g/mol. The van der Waals surface area contributed by atoms with Crippen molar-refractivity contribution in [1.29, 1.82) is 0 Å². The van der Waals surface area contributed by atoms with Crippen molar-refractivity contribution in [2.75, 3.05) is 6.61 Å². The van der Waals surface area contributed by atoms with Crippen LogP contribution in [-0.4, -0.2) is 47.6 Å². The molecule has 0 aliphatic rings. The largest absolute Gasteiger partial charge is 0.487 e. The van der Waals surface area contributed by atoms with Crippen molar-refractivity contribution in [3.63, 3.8) is 0 Å². The van der Waals surface area contributed by atoms with E-state index in [-0.39, 0.29) is 36.4 Å². The summed E-state index contributed by atoms with van der Waals surface area (Å²) < 4.78 is 91.1. The van der Waals surface area contributed by atoms with Crippen LogP contribution < -0.4 is 10.4 Å². The molecule has 2 aromatic heterocycles. The van der Waals surface area contributed by atoms with Crippen LogP contribution in [0.3, 0.4) is 0 Å². The third-order valence-corrected chi connectivity index (χ3v) is 7.34. The van der Waals surface area contributed by atoms with Gasteiger partial charge in [-0.25, -0.2) is 36.6 Å². The molecule has 8 nitrogen and oxygen atoms in total. The Balaban J connectivity index is 1.69. The van der Waals surface area contributed by atoms with Gasteiger partial charge in [-0.3, -0.25) is 4.68 Å². The van der Waals surface area contributed by atoms with E-state index in [1.54, 1.807) is 6.92 Å². The molecule has 0 bridgehead atoms. The highest BCUT2D eigenvalue weighted by molar-refractivity contribution is 5.37. The zero-order valence-electron chi connectivity index (χ0n) is 22.6. The van der Waals surface area contributed by atoms with Crippen LogP contribution in [0.2, 0.25) is 0 Å². The van der Waals surface area contributed by atoms with E-state index in [9.17, 15) is 26.7 Å². The SMILES string of the molecule is CC(C)C(Cn1cncn1)(c1ccc(F)cc1F)C(C)n1ncn(-c2ccc(OCC(F)(F)C(C)(F)F)cc2)c1=O. The first-order valence-corrected chi connectivity index (χ1v) is 12.6. The van der Waals surface area contributed by atoms with E-state index in [1.807, 2.05) is 13.8 Å². The molecule has 2 atom stereocenters. The summed E-state index contributed by atoms with van der Waals surface area (Å²) in [5.41, 5.74) is -1.31. The van der Waals surface area contributed by atoms with Crippen molar-refractivity contribution in [3.8, 4) is 11.4 Å². The first-order chi connectivity index (χ1) is 19.2. The highest BCUT2D eigenvalue weighted by atomic mass is 19.3. The fourth-order valence-corrected chi connectivity index (χ4v) is 4.85. The standard InChI is InChI=1S/C27H28F6N6O2/c1-17(2)26(12-37-15-34-14-35-37,22-10-5-19(28)11-23(22)29)18(3)39-24(40)38(16-36-39)20-6-8-21(9-7-20)41-13-27(32,33)25(4,30)31/h5-11,14-18H,12-13H2,1-4H3. The van der Waals surface area contributed by atoms with E-state index in [1.165, 1.54) is 63.2 Å². The predicted octanol–water partition coefficient (Wildman–Crippen LogP) is 5.43. The zero-order valence-corrected chi connectivity index (χ0v) is 22.6. The lowest BCUT2D eigenvalue weighted by atomic mass is 9.66. The van der Waals surface area contributed by atoms with Gasteiger partial charge in [0.2, 0.25) is 0 Å². The van der Waals surface area contributed by atoms with E-state index < -0.39 is 47.2 Å². The smallest absolute Gasteiger partial charge is 0.350 e. The number of aromatic nitrogens is 6. The molecule has 2 aromatic carbocycles. The Hall–Kier alpha value is -4.10. The van der Waals surface area contributed by atoms with Gasteiger partial charge in [0.15, 0.2) is 6.61 Å². The van der Waals surface area contributed by atoms with Crippen LogP contribution in [0.15, 0.2) is 66.2 Å². The Morgan fingerprint density at radius 1 is 0.951 bits per heavy atom. The Morgan fingerprint density at radius 2 is 1.63 bits per heavy atom. The van der Waals surface area contributed by atoms with E-state index in [0.29, 0.717) is 0 Å². The van der Waals surface area contributed by atoms with Gasteiger partial charge in [0.05, 0.1) is 18.3 Å². The number of alkyl halides is 4. The monoisotopic (exact) mass is 582 g/mol. The fourth-order valence-electron chi connectivity index (χ4n) is 4.85. The van der Waals surface area contributed by atoms with Gasteiger partial charge in [-0.2, -0.15) is 19.0 Å². The number of nitrogens with zero attached hydrogens (tertiary/aromatic N) is 6. The van der Waals surface area contributed by atoms with Gasteiger partial charge in [-0.1, -0.05) is 19.9 Å². The van der Waals surface area contributed by atoms with Crippen LogP contribution in [-0.2, 0) is 12.0 Å². The lowest BCUT2D eigenvalue weighted by Crippen LogP contribution is -2.47. The van der Waals surface area contributed by atoms with Gasteiger partial charge in [0.25, 0.3) is 0 Å². The second-order valence-corrected chi connectivity index (χ2v) is 10.2. The fraction of sp³-hybridized carbons (Fsp3) is 0.407. The first kappa shape index (κ1) is 29.9. The van der Waals surface area contributed by atoms with Gasteiger partial charge in [-0.05, 0) is 48.7 Å². The number of ether oxygens (including phenoxy) is 1. The molecule has 0 fully saturated rings. The van der Waals surface area contributed by atoms with Crippen molar-refractivity contribution in [1.82, 2.24) is 29.1 Å². The molecule has 0 saturated carbocycles. The van der Waals surface area contributed by atoms with Crippen molar-refractivity contribution in [2.24, 2.45) is 5.92 Å².